The molecule has 0 atom stereocenters. The molecule has 0 saturated carbocycles. The van der Waals surface area contributed by atoms with E-state index < -0.39 is 11.7 Å². The van der Waals surface area contributed by atoms with Gasteiger partial charge in [0.25, 0.3) is 0 Å². The maximum atomic E-state index is 12.7. The van der Waals surface area contributed by atoms with Crippen LogP contribution in [0.15, 0.2) is 48.6 Å². The Hall–Kier alpha value is -2.08. The second-order valence-corrected chi connectivity index (χ2v) is 7.38. The number of ether oxygens (including phenoxy) is 1. The molecule has 1 aromatic carbocycles. The van der Waals surface area contributed by atoms with Crippen molar-refractivity contribution in [3.05, 3.63) is 59.7 Å². The first kappa shape index (κ1) is 25.0. The van der Waals surface area contributed by atoms with Crippen LogP contribution in [0.2, 0.25) is 0 Å². The molecule has 0 unspecified atom stereocenters. The summed E-state index contributed by atoms with van der Waals surface area (Å²) in [5, 5.41) is 2.82. The molecule has 1 amide bonds. The lowest BCUT2D eigenvalue weighted by Gasteiger charge is -2.09. The zero-order valence-electron chi connectivity index (χ0n) is 17.3. The molecule has 6 heteroatoms. The summed E-state index contributed by atoms with van der Waals surface area (Å²) in [6, 6.07) is 5.25. The average Bonchev–Trinajstić information content (AvgIpc) is 2.66. The smallest absolute Gasteiger partial charge is 0.377 e. The highest BCUT2D eigenvalue weighted by Gasteiger charge is 2.30. The molecule has 0 radical (unpaired) electrons. The number of alkyl halides is 3. The van der Waals surface area contributed by atoms with E-state index in [4.69, 9.17) is 4.74 Å². The third-order valence-corrected chi connectivity index (χ3v) is 4.11. The number of carbonyl (C=O) groups is 1. The molecule has 1 aromatic rings. The molecule has 162 valence electrons. The summed E-state index contributed by atoms with van der Waals surface area (Å²) in [6.07, 6.45) is 7.85. The molecule has 0 aliphatic heterocycles. The van der Waals surface area contributed by atoms with Gasteiger partial charge in [-0.1, -0.05) is 57.0 Å². The monoisotopic (exact) mass is 411 g/mol. The molecule has 0 aliphatic rings. The van der Waals surface area contributed by atoms with Crippen LogP contribution in [-0.4, -0.2) is 19.1 Å². The maximum Gasteiger partial charge on any atom is 0.416 e. The third kappa shape index (κ3) is 12.9. The summed E-state index contributed by atoms with van der Waals surface area (Å²) < 4.78 is 43.4. The van der Waals surface area contributed by atoms with Gasteiger partial charge in [0.05, 0.1) is 12.2 Å². The maximum absolute atomic E-state index is 12.7. The van der Waals surface area contributed by atoms with Crippen LogP contribution in [0.4, 0.5) is 13.2 Å². The lowest BCUT2D eigenvalue weighted by molar-refractivity contribution is -0.137. The van der Waals surface area contributed by atoms with Crippen molar-refractivity contribution >= 4 is 5.91 Å². The number of halogens is 3. The second-order valence-electron chi connectivity index (χ2n) is 7.38. The fraction of sp³-hybridized carbons (Fsp3) is 0.522. The molecule has 0 spiro atoms. The van der Waals surface area contributed by atoms with Crippen molar-refractivity contribution in [1.82, 2.24) is 5.32 Å². The molecule has 0 heterocycles. The second kappa shape index (κ2) is 14.0. The summed E-state index contributed by atoms with van der Waals surface area (Å²) in [6.45, 7) is 5.51. The minimum atomic E-state index is -4.32. The molecule has 0 aromatic heterocycles. The highest BCUT2D eigenvalue weighted by molar-refractivity contribution is 5.87. The van der Waals surface area contributed by atoms with Gasteiger partial charge in [-0.2, -0.15) is 13.2 Å². The zero-order valence-corrected chi connectivity index (χ0v) is 17.3. The highest BCUT2D eigenvalue weighted by atomic mass is 19.4. The molecule has 0 saturated heterocycles. The predicted octanol–water partition coefficient (Wildman–Crippen LogP) is 6.06. The molecule has 0 bridgehead atoms. The number of benzene rings is 1. The van der Waals surface area contributed by atoms with Gasteiger partial charge in [0.1, 0.15) is 0 Å². The fourth-order valence-corrected chi connectivity index (χ4v) is 2.53. The van der Waals surface area contributed by atoms with E-state index in [0.29, 0.717) is 24.6 Å². The van der Waals surface area contributed by atoms with E-state index in [1.807, 2.05) is 26.0 Å². The Bertz CT molecular complexity index is 652. The van der Waals surface area contributed by atoms with E-state index in [9.17, 15) is 18.0 Å². The number of rotatable bonds is 13. The van der Waals surface area contributed by atoms with Gasteiger partial charge in [-0.05, 0) is 42.9 Å². The first-order valence-corrected chi connectivity index (χ1v) is 10.1. The molecular formula is C23H32F3NO2. The van der Waals surface area contributed by atoms with E-state index in [0.717, 1.165) is 44.2 Å². The zero-order chi connectivity index (χ0) is 21.5. The van der Waals surface area contributed by atoms with Gasteiger partial charge in [-0.15, -0.1) is 0 Å². The SMILES string of the molecule is CC(C)CNC(=O)C=CC=CCCCCCCOCc1cccc(C(F)(F)F)c1. The predicted molar refractivity (Wildman–Crippen MR) is 110 cm³/mol. The molecule has 1 N–H and O–H groups in total. The number of hydrogen-bond donors (Lipinski definition) is 1. The summed E-state index contributed by atoms with van der Waals surface area (Å²) in [7, 11) is 0. The summed E-state index contributed by atoms with van der Waals surface area (Å²) in [5.41, 5.74) is -0.103. The van der Waals surface area contributed by atoms with Crippen molar-refractivity contribution in [1.29, 1.82) is 0 Å². The quantitative estimate of drug-likeness (QED) is 0.243. The number of allylic oxidation sites excluding steroid dienone is 3. The van der Waals surface area contributed by atoms with Crippen molar-refractivity contribution in [2.24, 2.45) is 5.92 Å². The Morgan fingerprint density at radius 3 is 2.62 bits per heavy atom. The Balaban J connectivity index is 2.03. The van der Waals surface area contributed by atoms with Crippen molar-refractivity contribution in [2.45, 2.75) is 58.7 Å². The van der Waals surface area contributed by atoms with Gasteiger partial charge < -0.3 is 10.1 Å². The topological polar surface area (TPSA) is 38.3 Å². The Morgan fingerprint density at radius 1 is 1.14 bits per heavy atom. The van der Waals surface area contributed by atoms with Crippen molar-refractivity contribution in [3.63, 3.8) is 0 Å². The van der Waals surface area contributed by atoms with Gasteiger partial charge in [0, 0.05) is 19.2 Å². The largest absolute Gasteiger partial charge is 0.416 e. The van der Waals surface area contributed by atoms with E-state index in [2.05, 4.69) is 5.32 Å². The van der Waals surface area contributed by atoms with Crippen molar-refractivity contribution in [2.75, 3.05) is 13.2 Å². The van der Waals surface area contributed by atoms with Crippen LogP contribution in [0.1, 0.15) is 57.1 Å². The van der Waals surface area contributed by atoms with Crippen molar-refractivity contribution < 1.29 is 22.7 Å². The standard InChI is InChI=1S/C23H32F3NO2/c1-19(2)17-27-22(28)14-9-7-5-3-4-6-8-10-15-29-18-20-12-11-13-21(16-20)23(24,25)26/h5,7,9,11-14,16,19H,3-4,6,8,10,15,17-18H2,1-2H3,(H,27,28). The number of carbonyl (C=O) groups excluding carboxylic acids is 1. The first-order chi connectivity index (χ1) is 13.8. The summed E-state index contributed by atoms with van der Waals surface area (Å²) >= 11 is 0. The van der Waals surface area contributed by atoms with Gasteiger partial charge in [0.2, 0.25) is 5.91 Å². The number of nitrogens with one attached hydrogen (secondary N) is 1. The van der Waals surface area contributed by atoms with Crippen molar-refractivity contribution in [3.8, 4) is 0 Å². The molecule has 1 rings (SSSR count). The van der Waals surface area contributed by atoms with E-state index >= 15 is 0 Å². The molecule has 0 fully saturated rings. The number of hydrogen-bond acceptors (Lipinski definition) is 2. The van der Waals surface area contributed by atoms with Crippen LogP contribution >= 0.6 is 0 Å². The number of unbranched alkanes of at least 4 members (excludes halogenated alkanes) is 4. The summed E-state index contributed by atoms with van der Waals surface area (Å²) in [4.78, 5) is 11.5. The van der Waals surface area contributed by atoms with Crippen LogP contribution in [0.3, 0.4) is 0 Å². The van der Waals surface area contributed by atoms with Crippen LogP contribution in [-0.2, 0) is 22.3 Å². The van der Waals surface area contributed by atoms with Gasteiger partial charge in [0.15, 0.2) is 0 Å². The Morgan fingerprint density at radius 2 is 1.90 bits per heavy atom. The molecule has 3 nitrogen and oxygen atoms in total. The minimum absolute atomic E-state index is 0.0755. The highest BCUT2D eigenvalue weighted by Crippen LogP contribution is 2.29. The normalized spacial score (nSPS) is 12.3. The van der Waals surface area contributed by atoms with E-state index in [-0.39, 0.29) is 12.5 Å². The van der Waals surface area contributed by atoms with Gasteiger partial charge in [-0.25, -0.2) is 0 Å². The van der Waals surface area contributed by atoms with Crippen LogP contribution in [0, 0.1) is 5.92 Å². The molecular weight excluding hydrogens is 379 g/mol. The number of amides is 1. The van der Waals surface area contributed by atoms with Gasteiger partial charge in [-0.3, -0.25) is 4.79 Å². The van der Waals surface area contributed by atoms with E-state index in [1.165, 1.54) is 12.1 Å². The fourth-order valence-electron chi connectivity index (χ4n) is 2.53. The molecule has 0 aliphatic carbocycles. The molecule has 29 heavy (non-hydrogen) atoms. The Kier molecular flexibility index (Phi) is 12.0. The van der Waals surface area contributed by atoms with Crippen LogP contribution in [0.5, 0.6) is 0 Å². The minimum Gasteiger partial charge on any atom is -0.377 e. The third-order valence-electron chi connectivity index (χ3n) is 4.11. The van der Waals surface area contributed by atoms with Gasteiger partial charge >= 0.3 is 6.18 Å². The van der Waals surface area contributed by atoms with Crippen LogP contribution < -0.4 is 5.32 Å². The lowest BCUT2D eigenvalue weighted by Crippen LogP contribution is -2.25. The van der Waals surface area contributed by atoms with Crippen LogP contribution in [0.25, 0.3) is 0 Å². The van der Waals surface area contributed by atoms with E-state index in [1.54, 1.807) is 12.1 Å². The lowest BCUT2D eigenvalue weighted by atomic mass is 10.1. The Labute approximate surface area is 172 Å². The first-order valence-electron chi connectivity index (χ1n) is 10.1. The summed E-state index contributed by atoms with van der Waals surface area (Å²) in [5.74, 6) is 0.363. The average molecular weight is 412 g/mol.